The van der Waals surface area contributed by atoms with Gasteiger partial charge in [-0.1, -0.05) is 12.1 Å². The summed E-state index contributed by atoms with van der Waals surface area (Å²) in [7, 11) is 4.01. The van der Waals surface area contributed by atoms with Gasteiger partial charge >= 0.3 is 0 Å². The Morgan fingerprint density at radius 3 is 2.07 bits per heavy atom. The van der Waals surface area contributed by atoms with E-state index >= 15 is 0 Å². The van der Waals surface area contributed by atoms with Crippen LogP contribution < -0.4 is 4.90 Å². The second-order valence-electron chi connectivity index (χ2n) is 3.87. The molecule has 0 atom stereocenters. The van der Waals surface area contributed by atoms with Crippen LogP contribution in [-0.4, -0.2) is 19.9 Å². The highest BCUT2D eigenvalue weighted by molar-refractivity contribution is 5.97. The summed E-state index contributed by atoms with van der Waals surface area (Å²) < 4.78 is 0. The van der Waals surface area contributed by atoms with Crippen molar-refractivity contribution in [3.05, 3.63) is 35.4 Å². The normalized spacial score (nSPS) is 11.3. The minimum atomic E-state index is 0.117. The number of hydrogen-bond acceptors (Lipinski definition) is 2. The average molecular weight is 203 g/mol. The van der Waals surface area contributed by atoms with E-state index in [1.807, 2.05) is 56.3 Å². The van der Waals surface area contributed by atoms with Crippen molar-refractivity contribution >= 4 is 17.5 Å². The summed E-state index contributed by atoms with van der Waals surface area (Å²) in [4.78, 5) is 13.1. The van der Waals surface area contributed by atoms with E-state index in [0.29, 0.717) is 0 Å². The molecule has 0 saturated heterocycles. The maximum Gasteiger partial charge on any atom is 0.155 e. The zero-order valence-electron chi connectivity index (χ0n) is 9.74. The van der Waals surface area contributed by atoms with E-state index in [4.69, 9.17) is 0 Å². The van der Waals surface area contributed by atoms with Gasteiger partial charge in [0.15, 0.2) is 5.78 Å². The molecular weight excluding hydrogens is 186 g/mol. The molecular formula is C13H17NO. The third-order valence-electron chi connectivity index (χ3n) is 2.35. The number of carbonyl (C=O) groups excluding carboxylic acids is 1. The van der Waals surface area contributed by atoms with Gasteiger partial charge in [0.2, 0.25) is 0 Å². The fourth-order valence-electron chi connectivity index (χ4n) is 1.22. The SMILES string of the molecule is CC(=O)/C(C)=C/c1ccc(N(C)C)cc1. The first-order valence-electron chi connectivity index (χ1n) is 4.97. The molecule has 2 heteroatoms. The molecule has 0 fully saturated rings. The van der Waals surface area contributed by atoms with Gasteiger partial charge in [-0.2, -0.15) is 0 Å². The highest BCUT2D eigenvalue weighted by Gasteiger charge is 1.97. The lowest BCUT2D eigenvalue weighted by molar-refractivity contribution is -0.113. The highest BCUT2D eigenvalue weighted by Crippen LogP contribution is 2.14. The van der Waals surface area contributed by atoms with Crippen LogP contribution in [0.15, 0.2) is 29.8 Å². The van der Waals surface area contributed by atoms with Crippen LogP contribution in [0.1, 0.15) is 19.4 Å². The lowest BCUT2D eigenvalue weighted by Gasteiger charge is -2.11. The van der Waals surface area contributed by atoms with Crippen molar-refractivity contribution in [1.82, 2.24) is 0 Å². The largest absolute Gasteiger partial charge is 0.378 e. The van der Waals surface area contributed by atoms with Crippen molar-refractivity contribution in [3.8, 4) is 0 Å². The van der Waals surface area contributed by atoms with Gasteiger partial charge in [0.05, 0.1) is 0 Å². The van der Waals surface area contributed by atoms with E-state index in [0.717, 1.165) is 16.8 Å². The van der Waals surface area contributed by atoms with Crippen molar-refractivity contribution < 1.29 is 4.79 Å². The molecule has 1 aromatic carbocycles. The second-order valence-corrected chi connectivity index (χ2v) is 3.87. The Balaban J connectivity index is 2.90. The molecule has 0 heterocycles. The van der Waals surface area contributed by atoms with Crippen LogP contribution in [0.3, 0.4) is 0 Å². The fourth-order valence-corrected chi connectivity index (χ4v) is 1.22. The van der Waals surface area contributed by atoms with Crippen LogP contribution >= 0.6 is 0 Å². The summed E-state index contributed by atoms with van der Waals surface area (Å²) in [6.07, 6.45) is 1.90. The Morgan fingerprint density at radius 2 is 1.67 bits per heavy atom. The molecule has 80 valence electrons. The zero-order valence-corrected chi connectivity index (χ0v) is 9.74. The van der Waals surface area contributed by atoms with Gasteiger partial charge in [-0.25, -0.2) is 0 Å². The van der Waals surface area contributed by atoms with E-state index in [2.05, 4.69) is 0 Å². The molecule has 0 bridgehead atoms. The number of benzene rings is 1. The van der Waals surface area contributed by atoms with Gasteiger partial charge in [0.1, 0.15) is 0 Å². The van der Waals surface area contributed by atoms with E-state index in [1.54, 1.807) is 6.92 Å². The van der Waals surface area contributed by atoms with E-state index in [1.165, 1.54) is 0 Å². The van der Waals surface area contributed by atoms with Crippen molar-refractivity contribution in [1.29, 1.82) is 0 Å². The lowest BCUT2D eigenvalue weighted by Crippen LogP contribution is -2.07. The van der Waals surface area contributed by atoms with Crippen LogP contribution in [0, 0.1) is 0 Å². The van der Waals surface area contributed by atoms with E-state index in [9.17, 15) is 4.79 Å². The molecule has 0 aliphatic heterocycles. The van der Waals surface area contributed by atoms with Gasteiger partial charge < -0.3 is 4.90 Å². The number of ketones is 1. The summed E-state index contributed by atoms with van der Waals surface area (Å²) in [5.74, 6) is 0.117. The maximum atomic E-state index is 11.0. The van der Waals surface area contributed by atoms with Crippen LogP contribution in [0.5, 0.6) is 0 Å². The summed E-state index contributed by atoms with van der Waals surface area (Å²) in [6, 6.07) is 8.11. The zero-order chi connectivity index (χ0) is 11.4. The van der Waals surface area contributed by atoms with Crippen molar-refractivity contribution in [3.63, 3.8) is 0 Å². The molecule has 0 amide bonds. The van der Waals surface area contributed by atoms with Gasteiger partial charge in [0.25, 0.3) is 0 Å². The van der Waals surface area contributed by atoms with Crippen LogP contribution in [0.25, 0.3) is 6.08 Å². The summed E-state index contributed by atoms with van der Waals surface area (Å²) in [6.45, 7) is 3.42. The Morgan fingerprint density at radius 1 is 1.13 bits per heavy atom. The molecule has 1 rings (SSSR count). The monoisotopic (exact) mass is 203 g/mol. The number of carbonyl (C=O) groups is 1. The van der Waals surface area contributed by atoms with Crippen LogP contribution in [-0.2, 0) is 4.79 Å². The molecule has 1 aromatic rings. The van der Waals surface area contributed by atoms with Crippen LogP contribution in [0.2, 0.25) is 0 Å². The maximum absolute atomic E-state index is 11.0. The van der Waals surface area contributed by atoms with E-state index in [-0.39, 0.29) is 5.78 Å². The third kappa shape index (κ3) is 3.24. The van der Waals surface area contributed by atoms with Crippen LogP contribution in [0.4, 0.5) is 5.69 Å². The smallest absolute Gasteiger partial charge is 0.155 e. The number of nitrogens with zero attached hydrogens (tertiary/aromatic N) is 1. The molecule has 0 aliphatic rings. The minimum absolute atomic E-state index is 0.117. The van der Waals surface area contributed by atoms with Gasteiger partial charge in [-0.15, -0.1) is 0 Å². The van der Waals surface area contributed by atoms with Crippen molar-refractivity contribution in [2.45, 2.75) is 13.8 Å². The molecule has 0 N–H and O–H groups in total. The topological polar surface area (TPSA) is 20.3 Å². The number of rotatable bonds is 3. The molecule has 0 unspecified atom stereocenters. The Bertz CT molecular complexity index is 374. The number of hydrogen-bond donors (Lipinski definition) is 0. The molecule has 0 saturated carbocycles. The predicted octanol–water partition coefficient (Wildman–Crippen LogP) is 2.74. The quantitative estimate of drug-likeness (QED) is 0.704. The summed E-state index contributed by atoms with van der Waals surface area (Å²) >= 11 is 0. The molecule has 0 spiro atoms. The standard InChI is InChI=1S/C13H17NO/c1-10(11(2)15)9-12-5-7-13(8-6-12)14(3)4/h5-9H,1-4H3/b10-9+. The Labute approximate surface area is 91.2 Å². The molecule has 0 aromatic heterocycles. The number of allylic oxidation sites excluding steroid dienone is 1. The number of Topliss-reactive ketones (excluding diaryl/α,β-unsaturated/α-hetero) is 1. The molecule has 2 nitrogen and oxygen atoms in total. The first-order chi connectivity index (χ1) is 7.00. The predicted molar refractivity (Wildman–Crippen MR) is 65.1 cm³/mol. The second kappa shape index (κ2) is 4.78. The molecule has 0 radical (unpaired) electrons. The minimum Gasteiger partial charge on any atom is -0.378 e. The Kier molecular flexibility index (Phi) is 3.67. The first kappa shape index (κ1) is 11.5. The van der Waals surface area contributed by atoms with Crippen molar-refractivity contribution in [2.75, 3.05) is 19.0 Å². The molecule has 15 heavy (non-hydrogen) atoms. The third-order valence-corrected chi connectivity index (χ3v) is 2.35. The summed E-state index contributed by atoms with van der Waals surface area (Å²) in [5, 5.41) is 0. The average Bonchev–Trinajstić information content (AvgIpc) is 2.18. The molecule has 0 aliphatic carbocycles. The number of anilines is 1. The highest BCUT2D eigenvalue weighted by atomic mass is 16.1. The van der Waals surface area contributed by atoms with Gasteiger partial charge in [-0.3, -0.25) is 4.79 Å². The van der Waals surface area contributed by atoms with E-state index < -0.39 is 0 Å². The van der Waals surface area contributed by atoms with Gasteiger partial charge in [0, 0.05) is 19.8 Å². The lowest BCUT2D eigenvalue weighted by atomic mass is 10.1. The first-order valence-corrected chi connectivity index (χ1v) is 4.97. The van der Waals surface area contributed by atoms with Gasteiger partial charge in [-0.05, 0) is 43.2 Å². The fraction of sp³-hybridized carbons (Fsp3) is 0.308. The Hall–Kier alpha value is -1.57. The van der Waals surface area contributed by atoms with Crippen molar-refractivity contribution in [2.24, 2.45) is 0 Å². The summed E-state index contributed by atoms with van der Waals surface area (Å²) in [5.41, 5.74) is 3.01.